The highest BCUT2D eigenvalue weighted by Gasteiger charge is 2.57. The molecule has 3 aliphatic carbocycles. The van der Waals surface area contributed by atoms with Gasteiger partial charge in [0.05, 0.1) is 6.61 Å². The van der Waals surface area contributed by atoms with Gasteiger partial charge in [-0.2, -0.15) is 0 Å². The van der Waals surface area contributed by atoms with Crippen LogP contribution in [0, 0.1) is 29.6 Å². The predicted molar refractivity (Wildman–Crippen MR) is 70.9 cm³/mol. The highest BCUT2D eigenvalue weighted by Crippen LogP contribution is 2.63. The standard InChI is InChI=1S/C16H24O2/c1-3-18-15(17)9-14-13-8-7-10(2)11-5-4-6-12(11)16(13)14/h11-14,16H,2-9H2,1H3/t11-,12-,13+,14-,16+/m0/s1. The largest absolute Gasteiger partial charge is 0.466 e. The molecule has 0 aliphatic heterocycles. The van der Waals surface area contributed by atoms with Crippen molar-refractivity contribution in [2.45, 2.75) is 45.4 Å². The van der Waals surface area contributed by atoms with E-state index < -0.39 is 0 Å². The van der Waals surface area contributed by atoms with E-state index in [-0.39, 0.29) is 5.97 Å². The first kappa shape index (κ1) is 12.3. The number of fused-ring (bicyclic) bond motifs is 3. The Kier molecular flexibility index (Phi) is 3.21. The molecule has 0 unspecified atom stereocenters. The van der Waals surface area contributed by atoms with Crippen molar-refractivity contribution in [3.8, 4) is 0 Å². The molecule has 3 saturated carbocycles. The van der Waals surface area contributed by atoms with Crippen LogP contribution in [0.1, 0.15) is 45.4 Å². The van der Waals surface area contributed by atoms with Crippen LogP contribution < -0.4 is 0 Å². The van der Waals surface area contributed by atoms with Gasteiger partial charge in [0, 0.05) is 6.42 Å². The quantitative estimate of drug-likeness (QED) is 0.564. The number of allylic oxidation sites excluding steroid dienone is 1. The fourth-order valence-electron chi connectivity index (χ4n) is 4.71. The number of carbonyl (C=O) groups excluding carboxylic acids is 1. The van der Waals surface area contributed by atoms with Crippen molar-refractivity contribution < 1.29 is 9.53 Å². The lowest BCUT2D eigenvalue weighted by atomic mass is 9.85. The van der Waals surface area contributed by atoms with Crippen LogP contribution in [0.3, 0.4) is 0 Å². The van der Waals surface area contributed by atoms with Gasteiger partial charge in [0.15, 0.2) is 0 Å². The number of hydrogen-bond acceptors (Lipinski definition) is 2. The van der Waals surface area contributed by atoms with Crippen LogP contribution in [0.5, 0.6) is 0 Å². The van der Waals surface area contributed by atoms with E-state index in [1.54, 1.807) is 0 Å². The molecular formula is C16H24O2. The molecule has 0 N–H and O–H groups in total. The predicted octanol–water partition coefficient (Wildman–Crippen LogP) is 3.57. The van der Waals surface area contributed by atoms with Crippen LogP contribution >= 0.6 is 0 Å². The second kappa shape index (κ2) is 4.71. The summed E-state index contributed by atoms with van der Waals surface area (Å²) in [6.45, 7) is 6.70. The van der Waals surface area contributed by atoms with E-state index in [1.807, 2.05) is 6.92 Å². The van der Waals surface area contributed by atoms with Crippen molar-refractivity contribution in [2.75, 3.05) is 6.61 Å². The van der Waals surface area contributed by atoms with Gasteiger partial charge < -0.3 is 4.74 Å². The topological polar surface area (TPSA) is 26.3 Å². The van der Waals surface area contributed by atoms with E-state index in [4.69, 9.17) is 4.74 Å². The molecule has 0 aromatic heterocycles. The first-order chi connectivity index (χ1) is 8.72. The van der Waals surface area contributed by atoms with Crippen LogP contribution in [0.25, 0.3) is 0 Å². The molecule has 18 heavy (non-hydrogen) atoms. The zero-order valence-electron chi connectivity index (χ0n) is 11.4. The van der Waals surface area contributed by atoms with Gasteiger partial charge in [-0.3, -0.25) is 4.79 Å². The Hall–Kier alpha value is -0.790. The lowest BCUT2D eigenvalue weighted by Crippen LogP contribution is -2.14. The molecule has 2 nitrogen and oxygen atoms in total. The SMILES string of the molecule is C=C1CC[C@@H]2[C@H](CC(=O)OCC)[C@@H]2[C@H]2CCC[C@@H]12. The second-order valence-electron chi connectivity index (χ2n) is 6.31. The Morgan fingerprint density at radius 3 is 2.94 bits per heavy atom. The second-order valence-corrected chi connectivity index (χ2v) is 6.31. The Balaban J connectivity index is 1.65. The van der Waals surface area contributed by atoms with Crippen LogP contribution in [0.2, 0.25) is 0 Å². The molecular weight excluding hydrogens is 224 g/mol. The lowest BCUT2D eigenvalue weighted by molar-refractivity contribution is -0.143. The minimum absolute atomic E-state index is 0.0175. The molecule has 0 aromatic carbocycles. The Morgan fingerprint density at radius 1 is 1.33 bits per heavy atom. The van der Waals surface area contributed by atoms with Gasteiger partial charge in [-0.05, 0) is 62.2 Å². The average Bonchev–Trinajstić information content (AvgIpc) is 2.83. The minimum atomic E-state index is 0.0175. The fraction of sp³-hybridized carbons (Fsp3) is 0.812. The van der Waals surface area contributed by atoms with Crippen LogP contribution in [0.15, 0.2) is 12.2 Å². The third-order valence-corrected chi connectivity index (χ3v) is 5.49. The monoisotopic (exact) mass is 248 g/mol. The van der Waals surface area contributed by atoms with E-state index in [0.717, 1.165) is 23.7 Å². The van der Waals surface area contributed by atoms with Crippen molar-refractivity contribution in [1.29, 1.82) is 0 Å². The molecule has 5 atom stereocenters. The van der Waals surface area contributed by atoms with Crippen molar-refractivity contribution >= 4 is 5.97 Å². The highest BCUT2D eigenvalue weighted by molar-refractivity contribution is 5.70. The molecule has 0 heterocycles. The highest BCUT2D eigenvalue weighted by atomic mass is 16.5. The number of rotatable bonds is 3. The molecule has 0 radical (unpaired) electrons. The maximum atomic E-state index is 11.6. The number of ether oxygens (including phenoxy) is 1. The summed E-state index contributed by atoms with van der Waals surface area (Å²) < 4.78 is 5.11. The molecule has 2 heteroatoms. The van der Waals surface area contributed by atoms with Gasteiger partial charge in [0.1, 0.15) is 0 Å². The zero-order valence-corrected chi connectivity index (χ0v) is 11.4. The maximum Gasteiger partial charge on any atom is 0.306 e. The molecule has 100 valence electrons. The van der Waals surface area contributed by atoms with E-state index >= 15 is 0 Å². The van der Waals surface area contributed by atoms with E-state index in [9.17, 15) is 4.79 Å². The van der Waals surface area contributed by atoms with Gasteiger partial charge in [0.2, 0.25) is 0 Å². The van der Waals surface area contributed by atoms with E-state index in [0.29, 0.717) is 18.9 Å². The van der Waals surface area contributed by atoms with Gasteiger partial charge in [-0.25, -0.2) is 0 Å². The smallest absolute Gasteiger partial charge is 0.306 e. The lowest BCUT2D eigenvalue weighted by Gasteiger charge is -2.20. The summed E-state index contributed by atoms with van der Waals surface area (Å²) in [6, 6.07) is 0. The third-order valence-electron chi connectivity index (χ3n) is 5.49. The van der Waals surface area contributed by atoms with Crippen molar-refractivity contribution in [1.82, 2.24) is 0 Å². The normalized spacial score (nSPS) is 41.8. The number of esters is 1. The first-order valence-corrected chi connectivity index (χ1v) is 7.55. The third kappa shape index (κ3) is 2.00. The molecule has 0 saturated heterocycles. The Labute approximate surface area is 110 Å². The zero-order chi connectivity index (χ0) is 12.7. The van der Waals surface area contributed by atoms with Crippen LogP contribution in [-0.4, -0.2) is 12.6 Å². The van der Waals surface area contributed by atoms with Gasteiger partial charge >= 0.3 is 5.97 Å². The van der Waals surface area contributed by atoms with Gasteiger partial charge in [-0.1, -0.05) is 18.6 Å². The minimum Gasteiger partial charge on any atom is -0.466 e. The molecule has 0 amide bonds. The molecule has 0 aromatic rings. The van der Waals surface area contributed by atoms with Crippen molar-refractivity contribution in [3.05, 3.63) is 12.2 Å². The number of hydrogen-bond donors (Lipinski definition) is 0. The maximum absolute atomic E-state index is 11.6. The van der Waals surface area contributed by atoms with Crippen molar-refractivity contribution in [2.24, 2.45) is 29.6 Å². The summed E-state index contributed by atoms with van der Waals surface area (Å²) >= 11 is 0. The molecule has 3 fully saturated rings. The Bertz CT molecular complexity index is 360. The molecule has 0 bridgehead atoms. The summed E-state index contributed by atoms with van der Waals surface area (Å²) in [5.41, 5.74) is 1.50. The van der Waals surface area contributed by atoms with Gasteiger partial charge in [-0.15, -0.1) is 0 Å². The van der Waals surface area contributed by atoms with E-state index in [2.05, 4.69) is 6.58 Å². The first-order valence-electron chi connectivity index (χ1n) is 7.55. The summed E-state index contributed by atoms with van der Waals surface area (Å²) in [5, 5.41) is 0. The van der Waals surface area contributed by atoms with Crippen molar-refractivity contribution in [3.63, 3.8) is 0 Å². The van der Waals surface area contributed by atoms with Gasteiger partial charge in [0.25, 0.3) is 0 Å². The summed E-state index contributed by atoms with van der Waals surface area (Å²) in [7, 11) is 0. The average molecular weight is 248 g/mol. The summed E-state index contributed by atoms with van der Waals surface area (Å²) in [4.78, 5) is 11.6. The number of carbonyl (C=O) groups is 1. The van der Waals surface area contributed by atoms with Crippen LogP contribution in [0.4, 0.5) is 0 Å². The Morgan fingerprint density at radius 2 is 2.17 bits per heavy atom. The summed E-state index contributed by atoms with van der Waals surface area (Å²) in [5.74, 6) is 3.85. The molecule has 3 rings (SSSR count). The summed E-state index contributed by atoms with van der Waals surface area (Å²) in [6.07, 6.45) is 7.20. The van der Waals surface area contributed by atoms with E-state index in [1.165, 1.54) is 37.7 Å². The molecule has 0 spiro atoms. The van der Waals surface area contributed by atoms with Crippen LogP contribution in [-0.2, 0) is 9.53 Å². The molecule has 3 aliphatic rings. The fourth-order valence-corrected chi connectivity index (χ4v) is 4.71.